The number of esters is 4. The van der Waals surface area contributed by atoms with Crippen LogP contribution in [-0.2, 0) is 42.9 Å². The minimum absolute atomic E-state index is 0.0631. The zero-order chi connectivity index (χ0) is 48.9. The van der Waals surface area contributed by atoms with Gasteiger partial charge in [0, 0.05) is 44.1 Å². The van der Waals surface area contributed by atoms with Crippen LogP contribution in [0.2, 0.25) is 0 Å². The molecule has 0 heterocycles. The monoisotopic (exact) mass is 939 g/mol. The maximum atomic E-state index is 12.6. The summed E-state index contributed by atoms with van der Waals surface area (Å²) < 4.78 is 28.3. The van der Waals surface area contributed by atoms with E-state index in [1.54, 1.807) is 0 Å². The highest BCUT2D eigenvalue weighted by Gasteiger charge is 2.19. The lowest BCUT2D eigenvalue weighted by Gasteiger charge is -2.24. The average Bonchev–Trinajstić information content (AvgIpc) is 3.27. The van der Waals surface area contributed by atoms with Gasteiger partial charge in [0.1, 0.15) is 5.60 Å². The fourth-order valence-corrected chi connectivity index (χ4v) is 7.73. The Morgan fingerprint density at radius 2 is 0.712 bits per heavy atom. The number of carbonyl (C=O) groups is 5. The van der Waals surface area contributed by atoms with E-state index in [4.69, 9.17) is 23.7 Å². The van der Waals surface area contributed by atoms with Crippen molar-refractivity contribution in [3.05, 3.63) is 0 Å². The molecular formula is C54H102N2O10. The number of amides is 1. The molecular weight excluding hydrogens is 837 g/mol. The van der Waals surface area contributed by atoms with E-state index >= 15 is 0 Å². The fourth-order valence-electron chi connectivity index (χ4n) is 7.73. The summed E-state index contributed by atoms with van der Waals surface area (Å²) in [6.45, 7) is 18.2. The third kappa shape index (κ3) is 43.7. The van der Waals surface area contributed by atoms with Gasteiger partial charge in [-0.3, -0.25) is 19.2 Å². The van der Waals surface area contributed by atoms with Gasteiger partial charge >= 0.3 is 30.0 Å². The molecule has 0 aliphatic carbocycles. The zero-order valence-electron chi connectivity index (χ0n) is 43.8. The van der Waals surface area contributed by atoms with Crippen LogP contribution < -0.4 is 5.32 Å². The Bertz CT molecular complexity index is 1060. The molecule has 0 fully saturated rings. The van der Waals surface area contributed by atoms with Crippen LogP contribution in [0.15, 0.2) is 0 Å². The number of ether oxygens (including phenoxy) is 5. The van der Waals surface area contributed by atoms with Gasteiger partial charge in [-0.1, -0.05) is 143 Å². The number of alkyl carbamates (subject to hydrolysis) is 1. The Morgan fingerprint density at radius 3 is 1.02 bits per heavy atom. The number of hydrogen-bond donors (Lipinski definition) is 1. The molecule has 0 spiro atoms. The predicted molar refractivity (Wildman–Crippen MR) is 267 cm³/mol. The third-order valence-corrected chi connectivity index (χ3v) is 11.9. The molecule has 0 aromatic carbocycles. The molecule has 1 N–H and O–H groups in total. The van der Waals surface area contributed by atoms with Crippen molar-refractivity contribution in [3.63, 3.8) is 0 Å². The molecule has 0 saturated heterocycles. The Kier molecular flexibility index (Phi) is 42.7. The summed E-state index contributed by atoms with van der Waals surface area (Å²) in [4.78, 5) is 65.2. The molecule has 388 valence electrons. The van der Waals surface area contributed by atoms with Crippen LogP contribution in [0.4, 0.5) is 4.79 Å². The molecule has 0 unspecified atom stereocenters. The molecule has 0 aromatic rings. The van der Waals surface area contributed by atoms with E-state index in [1.807, 2.05) is 20.8 Å². The lowest BCUT2D eigenvalue weighted by molar-refractivity contribution is -0.151. The number of hydrogen-bond acceptors (Lipinski definition) is 11. The smallest absolute Gasteiger partial charge is 0.407 e. The van der Waals surface area contributed by atoms with Crippen LogP contribution in [0.3, 0.4) is 0 Å². The highest BCUT2D eigenvalue weighted by molar-refractivity contribution is 5.70. The van der Waals surface area contributed by atoms with Gasteiger partial charge < -0.3 is 33.9 Å². The van der Waals surface area contributed by atoms with Crippen molar-refractivity contribution >= 4 is 30.0 Å². The number of rotatable bonds is 46. The second-order valence-electron chi connectivity index (χ2n) is 19.7. The van der Waals surface area contributed by atoms with E-state index < -0.39 is 11.7 Å². The van der Waals surface area contributed by atoms with Crippen molar-refractivity contribution in [2.45, 2.75) is 253 Å². The van der Waals surface area contributed by atoms with E-state index in [9.17, 15) is 24.0 Å². The van der Waals surface area contributed by atoms with E-state index in [0.29, 0.717) is 32.2 Å². The van der Waals surface area contributed by atoms with Crippen LogP contribution >= 0.6 is 0 Å². The number of unbranched alkanes of at least 4 members (excludes halogenated alkanes) is 18. The lowest BCUT2D eigenvalue weighted by Crippen LogP contribution is -2.35. The van der Waals surface area contributed by atoms with Gasteiger partial charge in [0.05, 0.1) is 26.4 Å². The maximum Gasteiger partial charge on any atom is 0.407 e. The molecule has 0 radical (unpaired) electrons. The standard InChI is InChI=1S/C54H102N2O10/c1-8-12-16-20-24-35-49(57)62-43-47(44-63-50(58)36-25-21-17-13-9-2)33-28-30-40-56(42-32-39-55-53(61)66-54(5,6)7)41-31-29-34-48(45-64-51(59)37-26-22-18-14-10-3)46-65-52(60)38-27-23-19-15-11-4/h47-48H,8-46H2,1-7H3,(H,55,61). The first-order valence-electron chi connectivity index (χ1n) is 27.1. The van der Waals surface area contributed by atoms with Crippen LogP contribution in [0.25, 0.3) is 0 Å². The minimum Gasteiger partial charge on any atom is -0.465 e. The normalized spacial score (nSPS) is 11.6. The van der Waals surface area contributed by atoms with E-state index in [1.165, 1.54) is 25.7 Å². The summed E-state index contributed by atoms with van der Waals surface area (Å²) in [6.07, 6.45) is 28.5. The first-order valence-corrected chi connectivity index (χ1v) is 27.1. The molecule has 0 rings (SSSR count). The Balaban J connectivity index is 5.48. The number of nitrogens with one attached hydrogen (secondary N) is 1. The predicted octanol–water partition coefficient (Wildman–Crippen LogP) is 13.4. The molecule has 0 aliphatic rings. The topological polar surface area (TPSA) is 147 Å². The van der Waals surface area contributed by atoms with Gasteiger partial charge in [-0.15, -0.1) is 0 Å². The van der Waals surface area contributed by atoms with Gasteiger partial charge in [0.25, 0.3) is 0 Å². The van der Waals surface area contributed by atoms with Gasteiger partial charge in [-0.05, 0) is 98.2 Å². The number of nitrogens with zero attached hydrogens (tertiary/aromatic N) is 1. The van der Waals surface area contributed by atoms with Crippen molar-refractivity contribution in [3.8, 4) is 0 Å². The van der Waals surface area contributed by atoms with Gasteiger partial charge in [-0.2, -0.15) is 0 Å². The largest absolute Gasteiger partial charge is 0.465 e. The first-order chi connectivity index (χ1) is 31.8. The quantitative estimate of drug-likeness (QED) is 0.0353. The van der Waals surface area contributed by atoms with E-state index in [-0.39, 0.29) is 62.1 Å². The molecule has 0 bridgehead atoms. The summed E-state index contributed by atoms with van der Waals surface area (Å²) >= 11 is 0. The van der Waals surface area contributed by atoms with Gasteiger partial charge in [0.15, 0.2) is 0 Å². The zero-order valence-corrected chi connectivity index (χ0v) is 43.8. The molecule has 0 atom stereocenters. The van der Waals surface area contributed by atoms with Crippen LogP contribution in [0.1, 0.15) is 248 Å². The van der Waals surface area contributed by atoms with Crippen LogP contribution in [0.5, 0.6) is 0 Å². The highest BCUT2D eigenvalue weighted by atomic mass is 16.6. The molecule has 0 aromatic heterocycles. The molecule has 0 aliphatic heterocycles. The Morgan fingerprint density at radius 1 is 0.409 bits per heavy atom. The highest BCUT2D eigenvalue weighted by Crippen LogP contribution is 2.17. The van der Waals surface area contributed by atoms with Gasteiger partial charge in [-0.25, -0.2) is 4.79 Å². The molecule has 12 nitrogen and oxygen atoms in total. The van der Waals surface area contributed by atoms with E-state index in [2.05, 4.69) is 37.9 Å². The number of carbonyl (C=O) groups excluding carboxylic acids is 5. The van der Waals surface area contributed by atoms with Crippen molar-refractivity contribution in [1.82, 2.24) is 10.2 Å². The van der Waals surface area contributed by atoms with Crippen LogP contribution in [0, 0.1) is 11.8 Å². The van der Waals surface area contributed by atoms with Crippen LogP contribution in [-0.4, -0.2) is 93.1 Å². The Labute approximate surface area is 404 Å². The summed E-state index contributed by atoms with van der Waals surface area (Å²) in [7, 11) is 0. The van der Waals surface area contributed by atoms with Crippen molar-refractivity contribution < 1.29 is 47.7 Å². The summed E-state index contributed by atoms with van der Waals surface area (Å²) in [5.74, 6) is -0.852. The summed E-state index contributed by atoms with van der Waals surface area (Å²) in [6, 6.07) is 0. The SMILES string of the molecule is CCCCCCCC(=O)OCC(CCCCN(CCCCC(COC(=O)CCCCCCC)COC(=O)CCCCCCC)CCCNC(=O)OC(C)(C)C)COC(=O)CCCCCCC. The fraction of sp³-hybridized carbons (Fsp3) is 0.907. The maximum absolute atomic E-state index is 12.6. The van der Waals surface area contributed by atoms with E-state index in [0.717, 1.165) is 167 Å². The minimum atomic E-state index is -0.565. The van der Waals surface area contributed by atoms with Gasteiger partial charge in [0.2, 0.25) is 0 Å². The summed E-state index contributed by atoms with van der Waals surface area (Å²) in [5, 5.41) is 2.88. The molecule has 66 heavy (non-hydrogen) atoms. The average molecular weight is 939 g/mol. The molecule has 1 amide bonds. The second kappa shape index (κ2) is 44.6. The van der Waals surface area contributed by atoms with Crippen molar-refractivity contribution in [2.75, 3.05) is 52.6 Å². The van der Waals surface area contributed by atoms with Crippen molar-refractivity contribution in [2.24, 2.45) is 11.8 Å². The lowest BCUT2D eigenvalue weighted by atomic mass is 10.0. The summed E-state index contributed by atoms with van der Waals surface area (Å²) in [5.41, 5.74) is -0.565. The molecule has 0 saturated carbocycles. The molecule has 12 heteroatoms. The van der Waals surface area contributed by atoms with Crippen molar-refractivity contribution in [1.29, 1.82) is 0 Å². The third-order valence-electron chi connectivity index (χ3n) is 11.9. The first kappa shape index (κ1) is 63.1. The second-order valence-corrected chi connectivity index (χ2v) is 19.7. The Hall–Kier alpha value is -2.89.